The van der Waals surface area contributed by atoms with Crippen molar-refractivity contribution in [2.75, 3.05) is 13.2 Å². The fourth-order valence-electron chi connectivity index (χ4n) is 4.23. The lowest BCUT2D eigenvalue weighted by atomic mass is 10.0. The van der Waals surface area contributed by atoms with Crippen LogP contribution in [0.3, 0.4) is 0 Å². The number of phosphoric acid groups is 1. The zero-order chi connectivity index (χ0) is 29.5. The monoisotopic (exact) mass is 581 g/mol. The van der Waals surface area contributed by atoms with Crippen LogP contribution in [0.25, 0.3) is 0 Å². The van der Waals surface area contributed by atoms with Gasteiger partial charge in [-0.1, -0.05) is 83.8 Å². The summed E-state index contributed by atoms with van der Waals surface area (Å²) in [4.78, 5) is 43.7. The highest BCUT2D eigenvalue weighted by molar-refractivity contribution is 7.46. The Morgan fingerprint density at radius 3 is 1.95 bits per heavy atom. The molecule has 1 amide bonds. The molecule has 0 aliphatic carbocycles. The van der Waals surface area contributed by atoms with Crippen LogP contribution in [0.4, 0.5) is 0 Å². The molecule has 40 heavy (non-hydrogen) atoms. The number of hydrogen-bond donors (Lipinski definition) is 3. The van der Waals surface area contributed by atoms with Gasteiger partial charge in [-0.2, -0.15) is 0 Å². The second kappa shape index (κ2) is 22.7. The van der Waals surface area contributed by atoms with Gasteiger partial charge in [0.1, 0.15) is 11.8 Å². The Morgan fingerprint density at radius 2 is 1.38 bits per heavy atom. The number of rotatable bonds is 25. The zero-order valence-corrected chi connectivity index (χ0v) is 25.5. The third-order valence-corrected chi connectivity index (χ3v) is 7.12. The van der Waals surface area contributed by atoms with Crippen LogP contribution >= 0.6 is 7.82 Å². The number of amides is 1. The van der Waals surface area contributed by atoms with Gasteiger partial charge >= 0.3 is 7.82 Å². The van der Waals surface area contributed by atoms with Gasteiger partial charge in [0.25, 0.3) is 0 Å². The molecular formula is C31H52NO7P. The number of benzene rings is 1. The van der Waals surface area contributed by atoms with Gasteiger partial charge < -0.3 is 19.8 Å². The summed E-state index contributed by atoms with van der Waals surface area (Å²) in [6, 6.07) is 5.28. The van der Waals surface area contributed by atoms with Crippen LogP contribution in [0.5, 0.6) is 5.75 Å². The van der Waals surface area contributed by atoms with Crippen molar-refractivity contribution in [3.63, 3.8) is 0 Å². The molecule has 0 fully saturated rings. The van der Waals surface area contributed by atoms with E-state index in [-0.39, 0.29) is 12.3 Å². The summed E-state index contributed by atoms with van der Waals surface area (Å²) < 4.78 is 21.4. The molecule has 9 heteroatoms. The fraction of sp³-hybridized carbons (Fsp3) is 0.677. The number of ketones is 1. The van der Waals surface area contributed by atoms with Crippen LogP contribution < -0.4 is 10.1 Å². The Kier molecular flexibility index (Phi) is 20.4. The van der Waals surface area contributed by atoms with Crippen molar-refractivity contribution < 1.29 is 33.2 Å². The molecule has 0 saturated carbocycles. The normalized spacial score (nSPS) is 12.5. The van der Waals surface area contributed by atoms with Crippen molar-refractivity contribution in [1.29, 1.82) is 0 Å². The topological polar surface area (TPSA) is 122 Å². The molecule has 0 aliphatic rings. The average Bonchev–Trinajstić information content (AvgIpc) is 2.93. The Balaban J connectivity index is 2.34. The molecule has 3 N–H and O–H groups in total. The van der Waals surface area contributed by atoms with E-state index >= 15 is 0 Å². The number of nitrogens with one attached hydrogen (secondary N) is 1. The summed E-state index contributed by atoms with van der Waals surface area (Å²) in [5, 5.41) is 2.60. The van der Waals surface area contributed by atoms with Crippen molar-refractivity contribution in [3.8, 4) is 5.75 Å². The van der Waals surface area contributed by atoms with E-state index in [1.165, 1.54) is 44.9 Å². The van der Waals surface area contributed by atoms with E-state index in [2.05, 4.69) is 35.8 Å². The standard InChI is InChI=1S/C31H52NO7P/c1-3-5-7-8-9-10-11-12-13-14-15-16-17-18-19-20-30(33)32-29(26-39-40(35,36)37)31(34)27-21-23-28(24-22-27)38-25-6-4-2/h12-13,21-24,29H,3-11,14-20,25-26H2,1-2H3,(H,32,33)(H2,35,36,37)/b13-12-/t29-/m1/s1. The highest BCUT2D eigenvalue weighted by atomic mass is 31.2. The van der Waals surface area contributed by atoms with Crippen molar-refractivity contribution >= 4 is 19.5 Å². The van der Waals surface area contributed by atoms with E-state index in [9.17, 15) is 14.2 Å². The van der Waals surface area contributed by atoms with E-state index in [0.29, 0.717) is 24.3 Å². The molecule has 0 radical (unpaired) electrons. The minimum atomic E-state index is -4.80. The minimum Gasteiger partial charge on any atom is -0.494 e. The van der Waals surface area contributed by atoms with Crippen molar-refractivity contribution in [1.82, 2.24) is 5.32 Å². The molecule has 0 aromatic heterocycles. The number of unbranched alkanes of at least 4 members (excludes halogenated alkanes) is 12. The molecule has 0 saturated heterocycles. The summed E-state index contributed by atoms with van der Waals surface area (Å²) in [6.07, 6.45) is 21.8. The van der Waals surface area contributed by atoms with Crippen molar-refractivity contribution in [2.24, 2.45) is 0 Å². The van der Waals surface area contributed by atoms with E-state index in [4.69, 9.17) is 14.5 Å². The first-order chi connectivity index (χ1) is 19.3. The van der Waals surface area contributed by atoms with E-state index < -0.39 is 26.3 Å². The molecule has 0 heterocycles. The van der Waals surface area contributed by atoms with Gasteiger partial charge in [-0.15, -0.1) is 0 Å². The predicted octanol–water partition coefficient (Wildman–Crippen LogP) is 7.68. The van der Waals surface area contributed by atoms with E-state index in [1.54, 1.807) is 24.3 Å². The number of phosphoric ester groups is 1. The second-order valence-electron chi connectivity index (χ2n) is 10.3. The molecule has 0 bridgehead atoms. The Morgan fingerprint density at radius 1 is 0.825 bits per heavy atom. The van der Waals surface area contributed by atoms with Crippen molar-refractivity contribution in [2.45, 2.75) is 123 Å². The molecule has 1 aromatic rings. The van der Waals surface area contributed by atoms with Crippen LogP contribution in [0.15, 0.2) is 36.4 Å². The Hall–Kier alpha value is -1.99. The van der Waals surface area contributed by atoms with Gasteiger partial charge in [-0.3, -0.25) is 14.1 Å². The zero-order valence-electron chi connectivity index (χ0n) is 24.7. The van der Waals surface area contributed by atoms with Crippen LogP contribution in [0.2, 0.25) is 0 Å². The van der Waals surface area contributed by atoms with Gasteiger partial charge in [-0.25, -0.2) is 4.57 Å². The summed E-state index contributed by atoms with van der Waals surface area (Å²) in [7, 11) is -4.80. The van der Waals surface area contributed by atoms with E-state index in [1.807, 2.05) is 0 Å². The van der Waals surface area contributed by atoms with Crippen molar-refractivity contribution in [3.05, 3.63) is 42.0 Å². The molecule has 1 aromatic carbocycles. The largest absolute Gasteiger partial charge is 0.494 e. The molecule has 0 aliphatic heterocycles. The molecule has 1 rings (SSSR count). The number of carbonyl (C=O) groups is 2. The summed E-state index contributed by atoms with van der Waals surface area (Å²) in [5.41, 5.74) is 0.295. The maximum Gasteiger partial charge on any atom is 0.469 e. The van der Waals surface area contributed by atoms with Gasteiger partial charge in [-0.05, 0) is 62.8 Å². The predicted molar refractivity (Wildman–Crippen MR) is 161 cm³/mol. The molecule has 228 valence electrons. The second-order valence-corrected chi connectivity index (χ2v) is 11.6. The molecule has 8 nitrogen and oxygen atoms in total. The number of ether oxygens (including phenoxy) is 1. The number of hydrogen-bond acceptors (Lipinski definition) is 5. The smallest absolute Gasteiger partial charge is 0.469 e. The first kappa shape index (κ1) is 36.0. The minimum absolute atomic E-state index is 0.238. The highest BCUT2D eigenvalue weighted by Crippen LogP contribution is 2.35. The maximum absolute atomic E-state index is 13.0. The highest BCUT2D eigenvalue weighted by Gasteiger charge is 2.26. The quantitative estimate of drug-likeness (QED) is 0.0468. The maximum atomic E-state index is 13.0. The summed E-state index contributed by atoms with van der Waals surface area (Å²) >= 11 is 0. The van der Waals surface area contributed by atoms with Crippen LogP contribution in [0.1, 0.15) is 127 Å². The SMILES string of the molecule is CCCCCCCC/C=C\CCCCCCCC(=O)N[C@H](COP(=O)(O)O)C(=O)c1ccc(OCCCC)cc1. The summed E-state index contributed by atoms with van der Waals surface area (Å²) in [6.45, 7) is 4.27. The van der Waals surface area contributed by atoms with Gasteiger partial charge in [0.2, 0.25) is 5.91 Å². The van der Waals surface area contributed by atoms with Crippen LogP contribution in [-0.4, -0.2) is 40.7 Å². The first-order valence-corrected chi connectivity index (χ1v) is 16.7. The molecule has 0 unspecified atom stereocenters. The molecular weight excluding hydrogens is 529 g/mol. The molecule has 1 atom stereocenters. The Labute approximate surface area is 241 Å². The average molecular weight is 582 g/mol. The third kappa shape index (κ3) is 19.1. The van der Waals surface area contributed by atoms with E-state index in [0.717, 1.165) is 44.9 Å². The lowest BCUT2D eigenvalue weighted by molar-refractivity contribution is -0.121. The molecule has 0 spiro atoms. The number of carbonyl (C=O) groups excluding carboxylic acids is 2. The third-order valence-electron chi connectivity index (χ3n) is 6.63. The fourth-order valence-corrected chi connectivity index (χ4v) is 4.57. The number of Topliss-reactive ketones (excluding diaryl/α,β-unsaturated/α-hetero) is 1. The summed E-state index contributed by atoms with van der Waals surface area (Å²) in [5.74, 6) is -0.197. The first-order valence-electron chi connectivity index (χ1n) is 15.2. The van der Waals surface area contributed by atoms with Gasteiger partial charge in [0.05, 0.1) is 13.2 Å². The van der Waals surface area contributed by atoms with Crippen LogP contribution in [-0.2, 0) is 13.9 Å². The van der Waals surface area contributed by atoms with Crippen LogP contribution in [0, 0.1) is 0 Å². The lowest BCUT2D eigenvalue weighted by Crippen LogP contribution is -2.43. The van der Waals surface area contributed by atoms with Gasteiger partial charge in [0, 0.05) is 12.0 Å². The van der Waals surface area contributed by atoms with Gasteiger partial charge in [0.15, 0.2) is 5.78 Å². The Bertz CT molecular complexity index is 882. The lowest BCUT2D eigenvalue weighted by Gasteiger charge is -2.18. The number of allylic oxidation sites excluding steroid dienone is 2.